The maximum absolute atomic E-state index is 12.3. The van der Waals surface area contributed by atoms with Gasteiger partial charge >= 0.3 is 12.1 Å². The van der Waals surface area contributed by atoms with Crippen molar-refractivity contribution in [2.24, 2.45) is 0 Å². The Morgan fingerprint density at radius 1 is 1.21 bits per heavy atom. The second-order valence-electron chi connectivity index (χ2n) is 6.28. The molecule has 0 fully saturated rings. The molecule has 1 N–H and O–H groups in total. The van der Waals surface area contributed by atoms with Crippen LogP contribution in [0.15, 0.2) is 47.4 Å². The molecule has 0 spiro atoms. The van der Waals surface area contributed by atoms with Crippen LogP contribution in [0.2, 0.25) is 0 Å². The summed E-state index contributed by atoms with van der Waals surface area (Å²) in [5.41, 5.74) is 1.46. The van der Waals surface area contributed by atoms with Crippen molar-refractivity contribution < 1.29 is 22.7 Å². The van der Waals surface area contributed by atoms with E-state index in [0.717, 1.165) is 10.2 Å². The molecule has 10 heteroatoms. The van der Waals surface area contributed by atoms with Crippen molar-refractivity contribution in [3.63, 3.8) is 0 Å². The third-order valence-electron chi connectivity index (χ3n) is 4.01. The van der Waals surface area contributed by atoms with Gasteiger partial charge in [0, 0.05) is 6.20 Å². The fraction of sp³-hybridized carbons (Fsp3) is 0.278. The Bertz CT molecular complexity index is 1050. The molecular weight excluding hydrogens is 377 g/mol. The summed E-state index contributed by atoms with van der Waals surface area (Å²) in [6, 6.07) is 8.18. The van der Waals surface area contributed by atoms with Gasteiger partial charge in [0.05, 0.1) is 6.04 Å². The monoisotopic (exact) mass is 394 g/mol. The zero-order chi connectivity index (χ0) is 20.5. The number of hydrogen-bond acceptors (Lipinski definition) is 4. The molecule has 0 radical (unpaired) electrons. The third-order valence-corrected chi connectivity index (χ3v) is 4.01. The second-order valence-corrected chi connectivity index (χ2v) is 6.28. The van der Waals surface area contributed by atoms with E-state index in [-0.39, 0.29) is 12.3 Å². The first kappa shape index (κ1) is 19.5. The van der Waals surface area contributed by atoms with E-state index < -0.39 is 24.0 Å². The number of ether oxygens (including phenoxy) is 1. The number of benzene rings is 1. The summed E-state index contributed by atoms with van der Waals surface area (Å²) in [5, 5.41) is 6.79. The molecule has 3 aromatic rings. The largest absolute Gasteiger partial charge is 0.573 e. The van der Waals surface area contributed by atoms with Crippen LogP contribution in [0, 0.1) is 6.92 Å². The van der Waals surface area contributed by atoms with Gasteiger partial charge < -0.3 is 10.1 Å². The first-order valence-electron chi connectivity index (χ1n) is 8.33. The predicted octanol–water partition coefficient (Wildman–Crippen LogP) is 2.58. The second kappa shape index (κ2) is 7.37. The molecule has 0 aliphatic carbocycles. The lowest BCUT2D eigenvalue weighted by Crippen LogP contribution is -2.34. The molecule has 1 atom stereocenters. The van der Waals surface area contributed by atoms with Crippen molar-refractivity contribution in [1.82, 2.24) is 19.5 Å². The van der Waals surface area contributed by atoms with Gasteiger partial charge in [-0.25, -0.2) is 9.48 Å². The van der Waals surface area contributed by atoms with Gasteiger partial charge in [-0.1, -0.05) is 18.2 Å². The van der Waals surface area contributed by atoms with Crippen LogP contribution in [0.1, 0.15) is 24.1 Å². The van der Waals surface area contributed by atoms with Crippen LogP contribution in [-0.2, 0) is 11.3 Å². The van der Waals surface area contributed by atoms with Gasteiger partial charge in [-0.15, -0.1) is 18.3 Å². The Labute approximate surface area is 157 Å². The minimum Gasteiger partial charge on any atom is -0.406 e. The maximum atomic E-state index is 12.3. The van der Waals surface area contributed by atoms with E-state index in [1.165, 1.54) is 28.7 Å². The molecule has 0 saturated carbocycles. The van der Waals surface area contributed by atoms with E-state index in [0.29, 0.717) is 11.2 Å². The van der Waals surface area contributed by atoms with Crippen LogP contribution in [0.3, 0.4) is 0 Å². The third kappa shape index (κ3) is 4.51. The van der Waals surface area contributed by atoms with Crippen molar-refractivity contribution in [3.05, 3.63) is 64.2 Å². The van der Waals surface area contributed by atoms with Crippen LogP contribution in [-0.4, -0.2) is 26.5 Å². The highest BCUT2D eigenvalue weighted by molar-refractivity contribution is 5.76. The van der Waals surface area contributed by atoms with Crippen molar-refractivity contribution in [2.45, 2.75) is 32.8 Å². The predicted molar refractivity (Wildman–Crippen MR) is 93.9 cm³/mol. The summed E-state index contributed by atoms with van der Waals surface area (Å²) in [6.45, 7) is 3.23. The number of halogens is 3. The highest BCUT2D eigenvalue weighted by Gasteiger charge is 2.31. The van der Waals surface area contributed by atoms with E-state index in [4.69, 9.17) is 0 Å². The number of pyridine rings is 1. The van der Waals surface area contributed by atoms with E-state index in [2.05, 4.69) is 15.2 Å². The maximum Gasteiger partial charge on any atom is 0.573 e. The normalized spacial score (nSPS) is 12.8. The van der Waals surface area contributed by atoms with Gasteiger partial charge in [0.1, 0.15) is 12.3 Å². The SMILES string of the molecule is Cc1ccc2nn(CC(=O)N[C@@H](C)c3ccc(OC(F)(F)F)cc3)c(=O)n2c1. The molecule has 0 unspecified atom stereocenters. The smallest absolute Gasteiger partial charge is 0.406 e. The van der Waals surface area contributed by atoms with Gasteiger partial charge in [-0.2, -0.15) is 0 Å². The first-order chi connectivity index (χ1) is 13.1. The summed E-state index contributed by atoms with van der Waals surface area (Å²) in [4.78, 5) is 24.6. The molecule has 1 amide bonds. The molecule has 28 heavy (non-hydrogen) atoms. The molecule has 0 aliphatic rings. The number of nitrogens with zero attached hydrogens (tertiary/aromatic N) is 3. The van der Waals surface area contributed by atoms with E-state index in [9.17, 15) is 22.8 Å². The molecule has 2 heterocycles. The van der Waals surface area contributed by atoms with E-state index in [1.807, 2.05) is 6.92 Å². The zero-order valence-corrected chi connectivity index (χ0v) is 15.0. The summed E-state index contributed by atoms with van der Waals surface area (Å²) in [5.74, 6) is -0.799. The Morgan fingerprint density at radius 2 is 1.89 bits per heavy atom. The summed E-state index contributed by atoms with van der Waals surface area (Å²) < 4.78 is 42.8. The number of aryl methyl sites for hydroxylation is 1. The molecule has 148 valence electrons. The zero-order valence-electron chi connectivity index (χ0n) is 15.0. The summed E-state index contributed by atoms with van der Waals surface area (Å²) in [7, 11) is 0. The molecule has 1 aromatic carbocycles. The topological polar surface area (TPSA) is 77.6 Å². The Kier molecular flexibility index (Phi) is 5.12. The number of fused-ring (bicyclic) bond motifs is 1. The Balaban J connectivity index is 1.66. The van der Waals surface area contributed by atoms with Crippen LogP contribution in [0.25, 0.3) is 5.65 Å². The lowest BCUT2D eigenvalue weighted by atomic mass is 10.1. The number of hydrogen-bond donors (Lipinski definition) is 1. The fourth-order valence-corrected chi connectivity index (χ4v) is 2.69. The minimum absolute atomic E-state index is 0.279. The summed E-state index contributed by atoms with van der Waals surface area (Å²) in [6.07, 6.45) is -3.13. The number of carbonyl (C=O) groups is 1. The molecule has 2 aromatic heterocycles. The van der Waals surface area contributed by atoms with Crippen LogP contribution in [0.5, 0.6) is 5.75 Å². The first-order valence-corrected chi connectivity index (χ1v) is 8.33. The van der Waals surface area contributed by atoms with Crippen LogP contribution < -0.4 is 15.7 Å². The molecule has 0 bridgehead atoms. The van der Waals surface area contributed by atoms with Gasteiger partial charge in [0.25, 0.3) is 0 Å². The molecule has 3 rings (SSSR count). The van der Waals surface area contributed by atoms with E-state index in [1.54, 1.807) is 25.3 Å². The van der Waals surface area contributed by atoms with Gasteiger partial charge in [0.2, 0.25) is 5.91 Å². The Hall–Kier alpha value is -3.30. The van der Waals surface area contributed by atoms with Crippen LogP contribution in [0.4, 0.5) is 13.2 Å². The van der Waals surface area contributed by atoms with Crippen molar-refractivity contribution in [3.8, 4) is 5.75 Å². The molecular formula is C18H17F3N4O3. The fourth-order valence-electron chi connectivity index (χ4n) is 2.69. The highest BCUT2D eigenvalue weighted by Crippen LogP contribution is 2.24. The van der Waals surface area contributed by atoms with Crippen molar-refractivity contribution >= 4 is 11.6 Å². The standard InChI is InChI=1S/C18H17F3N4O3/c1-11-3-8-15-23-25(17(27)24(15)9-11)10-16(26)22-12(2)13-4-6-14(7-5-13)28-18(19,20)21/h3-9,12H,10H2,1-2H3,(H,22,26)/t12-/m0/s1. The molecule has 7 nitrogen and oxygen atoms in total. The average Bonchev–Trinajstić information content (AvgIpc) is 2.89. The van der Waals surface area contributed by atoms with Gasteiger partial charge in [0.15, 0.2) is 5.65 Å². The van der Waals surface area contributed by atoms with Gasteiger partial charge in [-0.3, -0.25) is 9.20 Å². The van der Waals surface area contributed by atoms with E-state index >= 15 is 0 Å². The number of aromatic nitrogens is 3. The van der Waals surface area contributed by atoms with Crippen molar-refractivity contribution in [1.29, 1.82) is 0 Å². The number of amides is 1. The minimum atomic E-state index is -4.76. The Morgan fingerprint density at radius 3 is 2.54 bits per heavy atom. The lowest BCUT2D eigenvalue weighted by molar-refractivity contribution is -0.274. The quantitative estimate of drug-likeness (QED) is 0.722. The number of rotatable bonds is 5. The highest BCUT2D eigenvalue weighted by atomic mass is 19.4. The lowest BCUT2D eigenvalue weighted by Gasteiger charge is -2.15. The molecule has 0 aliphatic heterocycles. The molecule has 0 saturated heterocycles. The van der Waals surface area contributed by atoms with Gasteiger partial charge in [-0.05, 0) is 43.2 Å². The number of carbonyl (C=O) groups excluding carboxylic acids is 1. The summed E-state index contributed by atoms with van der Waals surface area (Å²) >= 11 is 0. The number of alkyl halides is 3. The average molecular weight is 394 g/mol. The van der Waals surface area contributed by atoms with Crippen LogP contribution >= 0.6 is 0 Å². The van der Waals surface area contributed by atoms with Crippen molar-refractivity contribution in [2.75, 3.05) is 0 Å². The number of nitrogens with one attached hydrogen (secondary N) is 1.